The SMILES string of the molecule is ClCCCC1CN1.ClCCCN1CC1. The van der Waals surface area contributed by atoms with E-state index in [1.807, 2.05) is 0 Å². The molecule has 2 fully saturated rings. The molecule has 0 aromatic rings. The Labute approximate surface area is 96.9 Å². The van der Waals surface area contributed by atoms with Crippen LogP contribution in [-0.2, 0) is 0 Å². The number of alkyl halides is 2. The Kier molecular flexibility index (Phi) is 6.96. The van der Waals surface area contributed by atoms with Crippen molar-refractivity contribution < 1.29 is 0 Å². The zero-order valence-corrected chi connectivity index (χ0v) is 10.2. The van der Waals surface area contributed by atoms with Gasteiger partial charge in [-0.1, -0.05) is 0 Å². The van der Waals surface area contributed by atoms with E-state index in [2.05, 4.69) is 10.2 Å². The summed E-state index contributed by atoms with van der Waals surface area (Å²) < 4.78 is 0. The van der Waals surface area contributed by atoms with Gasteiger partial charge in [0.1, 0.15) is 0 Å². The quantitative estimate of drug-likeness (QED) is 0.565. The first-order valence-electron chi connectivity index (χ1n) is 5.44. The van der Waals surface area contributed by atoms with Crippen LogP contribution in [0.2, 0.25) is 0 Å². The van der Waals surface area contributed by atoms with Gasteiger partial charge in [0.2, 0.25) is 0 Å². The minimum Gasteiger partial charge on any atom is -0.311 e. The van der Waals surface area contributed by atoms with Gasteiger partial charge in [-0.15, -0.1) is 23.2 Å². The van der Waals surface area contributed by atoms with E-state index in [1.165, 1.54) is 39.0 Å². The maximum Gasteiger partial charge on any atom is 0.0235 e. The Bertz CT molecular complexity index is 120. The van der Waals surface area contributed by atoms with E-state index in [-0.39, 0.29) is 0 Å². The monoisotopic (exact) mass is 238 g/mol. The first-order chi connectivity index (χ1) is 6.86. The predicted molar refractivity (Wildman–Crippen MR) is 63.5 cm³/mol. The van der Waals surface area contributed by atoms with Crippen molar-refractivity contribution in [1.29, 1.82) is 0 Å². The summed E-state index contributed by atoms with van der Waals surface area (Å²) in [6.07, 6.45) is 3.59. The third-order valence-electron chi connectivity index (χ3n) is 2.33. The first-order valence-corrected chi connectivity index (χ1v) is 6.51. The molecular weight excluding hydrogens is 219 g/mol. The summed E-state index contributed by atoms with van der Waals surface area (Å²) in [4.78, 5) is 2.38. The molecule has 2 aliphatic heterocycles. The average molecular weight is 239 g/mol. The lowest BCUT2D eigenvalue weighted by Gasteiger charge is -1.92. The second kappa shape index (κ2) is 7.75. The molecule has 0 amide bonds. The maximum absolute atomic E-state index is 5.45. The molecule has 2 rings (SSSR count). The smallest absolute Gasteiger partial charge is 0.0235 e. The molecule has 4 heteroatoms. The number of nitrogens with one attached hydrogen (secondary N) is 1. The third kappa shape index (κ3) is 7.86. The van der Waals surface area contributed by atoms with E-state index in [1.54, 1.807) is 0 Å². The van der Waals surface area contributed by atoms with E-state index >= 15 is 0 Å². The fourth-order valence-electron chi connectivity index (χ4n) is 1.19. The van der Waals surface area contributed by atoms with E-state index in [0.717, 1.165) is 24.2 Å². The van der Waals surface area contributed by atoms with Crippen LogP contribution in [0.4, 0.5) is 0 Å². The van der Waals surface area contributed by atoms with Crippen LogP contribution in [-0.4, -0.2) is 48.9 Å². The Morgan fingerprint density at radius 1 is 1.14 bits per heavy atom. The van der Waals surface area contributed by atoms with E-state index in [0.29, 0.717) is 0 Å². The van der Waals surface area contributed by atoms with Crippen molar-refractivity contribution in [3.63, 3.8) is 0 Å². The molecular formula is C10H20Cl2N2. The van der Waals surface area contributed by atoms with Gasteiger partial charge >= 0.3 is 0 Å². The van der Waals surface area contributed by atoms with Crippen LogP contribution in [0, 0.1) is 0 Å². The lowest BCUT2D eigenvalue weighted by Crippen LogP contribution is -1.98. The molecule has 84 valence electrons. The van der Waals surface area contributed by atoms with Crippen LogP contribution in [0.15, 0.2) is 0 Å². The molecule has 0 aliphatic carbocycles. The minimum atomic E-state index is 0.816. The van der Waals surface area contributed by atoms with Gasteiger partial charge in [0.05, 0.1) is 0 Å². The second-order valence-corrected chi connectivity index (χ2v) is 4.58. The molecule has 1 atom stereocenters. The number of hydrogen-bond donors (Lipinski definition) is 1. The number of hydrogen-bond acceptors (Lipinski definition) is 2. The van der Waals surface area contributed by atoms with E-state index in [9.17, 15) is 0 Å². The molecule has 0 radical (unpaired) electrons. The van der Waals surface area contributed by atoms with Gasteiger partial charge in [-0.2, -0.15) is 0 Å². The molecule has 2 nitrogen and oxygen atoms in total. The van der Waals surface area contributed by atoms with Crippen LogP contribution < -0.4 is 5.32 Å². The Hall–Kier alpha value is 0.500. The van der Waals surface area contributed by atoms with Crippen LogP contribution >= 0.6 is 23.2 Å². The zero-order valence-electron chi connectivity index (χ0n) is 8.64. The maximum atomic E-state index is 5.45. The Morgan fingerprint density at radius 2 is 1.79 bits per heavy atom. The largest absolute Gasteiger partial charge is 0.311 e. The molecule has 2 heterocycles. The van der Waals surface area contributed by atoms with Crippen molar-refractivity contribution in [1.82, 2.24) is 10.2 Å². The summed E-state index contributed by atoms with van der Waals surface area (Å²) in [5.74, 6) is 1.63. The minimum absolute atomic E-state index is 0.816. The van der Waals surface area contributed by atoms with Crippen molar-refractivity contribution in [3.8, 4) is 0 Å². The summed E-state index contributed by atoms with van der Waals surface area (Å²) in [5, 5.41) is 3.21. The van der Waals surface area contributed by atoms with Gasteiger partial charge in [-0.3, -0.25) is 0 Å². The highest BCUT2D eigenvalue weighted by molar-refractivity contribution is 6.18. The van der Waals surface area contributed by atoms with Gasteiger partial charge in [-0.05, 0) is 25.8 Å². The van der Waals surface area contributed by atoms with Crippen molar-refractivity contribution in [2.75, 3.05) is 37.9 Å². The molecule has 0 saturated carbocycles. The molecule has 2 aliphatic rings. The topological polar surface area (TPSA) is 25.0 Å². The molecule has 0 aromatic carbocycles. The molecule has 1 N–H and O–H groups in total. The van der Waals surface area contributed by atoms with Gasteiger partial charge in [0, 0.05) is 37.4 Å². The second-order valence-electron chi connectivity index (χ2n) is 3.82. The van der Waals surface area contributed by atoms with Gasteiger partial charge in [0.25, 0.3) is 0 Å². The van der Waals surface area contributed by atoms with Crippen LogP contribution in [0.3, 0.4) is 0 Å². The summed E-state index contributed by atoms with van der Waals surface area (Å²) in [6.45, 7) is 5.04. The molecule has 1 unspecified atom stereocenters. The van der Waals surface area contributed by atoms with Gasteiger partial charge in [-0.25, -0.2) is 0 Å². The molecule has 2 saturated heterocycles. The Balaban J connectivity index is 0.000000140. The fraction of sp³-hybridized carbons (Fsp3) is 1.00. The number of halogens is 2. The molecule has 14 heavy (non-hydrogen) atoms. The number of rotatable bonds is 6. The highest BCUT2D eigenvalue weighted by atomic mass is 35.5. The predicted octanol–water partition coefficient (Wildman–Crippen LogP) is 1.91. The van der Waals surface area contributed by atoms with Crippen LogP contribution in [0.25, 0.3) is 0 Å². The summed E-state index contributed by atoms with van der Waals surface area (Å²) in [7, 11) is 0. The van der Waals surface area contributed by atoms with E-state index in [4.69, 9.17) is 23.2 Å². The van der Waals surface area contributed by atoms with Crippen molar-refractivity contribution >= 4 is 23.2 Å². The van der Waals surface area contributed by atoms with Crippen LogP contribution in [0.5, 0.6) is 0 Å². The summed E-state index contributed by atoms with van der Waals surface area (Å²) in [6, 6.07) is 0.818. The zero-order chi connectivity index (χ0) is 10.2. The van der Waals surface area contributed by atoms with Crippen LogP contribution in [0.1, 0.15) is 19.3 Å². The number of nitrogens with zero attached hydrogens (tertiary/aromatic N) is 1. The average Bonchev–Trinajstić information content (AvgIpc) is 3.04. The lowest BCUT2D eigenvalue weighted by atomic mass is 10.3. The molecule has 0 aromatic heterocycles. The lowest BCUT2D eigenvalue weighted by molar-refractivity contribution is 0.553. The highest BCUT2D eigenvalue weighted by Gasteiger charge is 2.17. The van der Waals surface area contributed by atoms with Crippen molar-refractivity contribution in [2.45, 2.75) is 25.3 Å². The van der Waals surface area contributed by atoms with Gasteiger partial charge < -0.3 is 10.2 Å². The molecule has 0 bridgehead atoms. The van der Waals surface area contributed by atoms with Gasteiger partial charge in [0.15, 0.2) is 0 Å². The molecule has 0 spiro atoms. The normalized spacial score (nSPS) is 24.0. The standard InChI is InChI=1S/2C5H10ClN/c6-2-1-3-7-4-5-7;6-3-1-2-5-4-7-5/h1-5H2;5,7H,1-4H2. The highest BCUT2D eigenvalue weighted by Crippen LogP contribution is 2.05. The first kappa shape index (κ1) is 12.6. The van der Waals surface area contributed by atoms with Crippen molar-refractivity contribution in [3.05, 3.63) is 0 Å². The summed E-state index contributed by atoms with van der Waals surface area (Å²) in [5.41, 5.74) is 0. The Morgan fingerprint density at radius 3 is 2.21 bits per heavy atom. The summed E-state index contributed by atoms with van der Waals surface area (Å²) >= 11 is 10.9. The fourth-order valence-corrected chi connectivity index (χ4v) is 1.46. The third-order valence-corrected chi connectivity index (χ3v) is 2.86. The van der Waals surface area contributed by atoms with Crippen molar-refractivity contribution in [2.24, 2.45) is 0 Å². The van der Waals surface area contributed by atoms with E-state index < -0.39 is 0 Å².